The summed E-state index contributed by atoms with van der Waals surface area (Å²) in [4.78, 5) is 0. The molecule has 0 N–H and O–H groups in total. The molecule has 4 aliphatic carbocycles. The molecule has 0 radical (unpaired) electrons. The Kier molecular flexibility index (Phi) is 10.2. The summed E-state index contributed by atoms with van der Waals surface area (Å²) in [6.45, 7) is 10.2. The van der Waals surface area contributed by atoms with Crippen molar-refractivity contribution in [1.82, 2.24) is 0 Å². The predicted octanol–water partition coefficient (Wildman–Crippen LogP) is 15.3. The van der Waals surface area contributed by atoms with Crippen LogP contribution in [-0.2, 0) is 15.6 Å². The number of hydrogen-bond donors (Lipinski definition) is 0. The molecule has 4 heteroatoms. The first-order chi connectivity index (χ1) is 25.0. The van der Waals surface area contributed by atoms with Gasteiger partial charge in [-0.1, -0.05) is 0 Å². The molecular formula is C48H57Cl2SiZr. The molecule has 0 bridgehead atoms. The second-order valence-corrected chi connectivity index (χ2v) is 60.6. The van der Waals surface area contributed by atoms with Gasteiger partial charge in [0.25, 0.3) is 0 Å². The molecule has 0 aliphatic heterocycles. The maximum atomic E-state index is 9.07. The molecular weight excluding hydrogens is 767 g/mol. The van der Waals surface area contributed by atoms with Crippen LogP contribution in [0.4, 0.5) is 0 Å². The number of allylic oxidation sites excluding steroid dienone is 2. The average molecular weight is 824 g/mol. The Morgan fingerprint density at radius 1 is 0.538 bits per heavy atom. The van der Waals surface area contributed by atoms with Gasteiger partial charge in [0, 0.05) is 0 Å². The van der Waals surface area contributed by atoms with E-state index in [0.717, 1.165) is 12.8 Å². The first kappa shape index (κ1) is 37.0. The quantitative estimate of drug-likeness (QED) is 0.148. The zero-order valence-corrected chi connectivity index (χ0v) is 37.0. The van der Waals surface area contributed by atoms with Gasteiger partial charge in [-0.15, -0.1) is 0 Å². The first-order valence-electron chi connectivity index (χ1n) is 20.3. The van der Waals surface area contributed by atoms with Gasteiger partial charge in [-0.25, -0.2) is 0 Å². The van der Waals surface area contributed by atoms with Gasteiger partial charge in [0.1, 0.15) is 0 Å². The second kappa shape index (κ2) is 14.3. The van der Waals surface area contributed by atoms with E-state index >= 15 is 0 Å². The van der Waals surface area contributed by atoms with Crippen LogP contribution in [-0.4, -0.2) is 5.92 Å². The molecule has 2 unspecified atom stereocenters. The van der Waals surface area contributed by atoms with E-state index in [0.29, 0.717) is 0 Å². The van der Waals surface area contributed by atoms with Gasteiger partial charge in [0.15, 0.2) is 0 Å². The van der Waals surface area contributed by atoms with Gasteiger partial charge in [0.05, 0.1) is 0 Å². The molecule has 271 valence electrons. The Bertz CT molecular complexity index is 1860. The van der Waals surface area contributed by atoms with E-state index in [4.69, 9.17) is 17.0 Å². The fourth-order valence-corrected chi connectivity index (χ4v) is 42.6. The molecule has 8 rings (SSSR count). The standard InChI is InChI=1S/2C23H25.C2H7Si.2ClH.Zr/c2*1-23(13-6-3-7-14-23)17-18-15-20-11-8-12-21(22(20)16-18)19-9-4-2-5-10-19;1-3-2;;;/h2*2,4-5,8-12,15-16H,3,6-7,13-14,17H2,1H3;3H,1-2H3;2*1H;/q;;;;;+2/p-2. The fourth-order valence-electron chi connectivity index (χ4n) is 11.3. The van der Waals surface area contributed by atoms with E-state index in [2.05, 4.69) is 136 Å². The van der Waals surface area contributed by atoms with Crippen LogP contribution >= 0.6 is 17.0 Å². The number of rotatable bonds is 9. The molecule has 0 aromatic heterocycles. The van der Waals surface area contributed by atoms with Crippen LogP contribution < -0.4 is 0 Å². The summed E-state index contributed by atoms with van der Waals surface area (Å²) in [6, 6.07) is 36.1. The summed E-state index contributed by atoms with van der Waals surface area (Å²) >= 11 is -5.00. The van der Waals surface area contributed by atoms with Crippen LogP contribution in [0.15, 0.2) is 108 Å². The minimum absolute atomic E-state index is 0.118. The van der Waals surface area contributed by atoms with Crippen molar-refractivity contribution in [2.75, 3.05) is 0 Å². The third-order valence-electron chi connectivity index (χ3n) is 14.1. The number of hydrogen-bond acceptors (Lipinski definition) is 0. The summed E-state index contributed by atoms with van der Waals surface area (Å²) in [5, 5.41) is 0. The molecule has 52 heavy (non-hydrogen) atoms. The normalized spacial score (nSPS) is 22.9. The van der Waals surface area contributed by atoms with Crippen LogP contribution in [0, 0.1) is 10.8 Å². The molecule has 2 atom stereocenters. The van der Waals surface area contributed by atoms with Gasteiger partial charge in [-0.05, 0) is 0 Å². The predicted molar refractivity (Wildman–Crippen MR) is 227 cm³/mol. The minimum atomic E-state index is -5.00. The maximum absolute atomic E-state index is 9.07. The Morgan fingerprint density at radius 2 is 0.923 bits per heavy atom. The van der Waals surface area contributed by atoms with Crippen molar-refractivity contribution < 1.29 is 15.6 Å². The van der Waals surface area contributed by atoms with Crippen LogP contribution in [0.5, 0.6) is 0 Å². The SMILES string of the molecule is C[SiH](C)[Zr]([Cl])([Cl])([CH]1C(CC2(C)CCCCC2)=Cc2c(-c3ccccc3)cccc21)[CH]1C(CC2(C)CCCCC2)=Cc2c(-c3ccccc3)cccc21. The van der Waals surface area contributed by atoms with E-state index in [1.165, 1.54) is 109 Å². The van der Waals surface area contributed by atoms with Crippen LogP contribution in [0.25, 0.3) is 34.4 Å². The second-order valence-electron chi connectivity index (χ2n) is 18.1. The number of benzene rings is 4. The van der Waals surface area contributed by atoms with E-state index in [-0.39, 0.29) is 18.1 Å². The van der Waals surface area contributed by atoms with Crippen molar-refractivity contribution in [3.05, 3.63) is 130 Å². The monoisotopic (exact) mass is 821 g/mol. The topological polar surface area (TPSA) is 0 Å². The summed E-state index contributed by atoms with van der Waals surface area (Å²) in [7, 11) is 18.1. The third kappa shape index (κ3) is 6.48. The van der Waals surface area contributed by atoms with Gasteiger partial charge in [0.2, 0.25) is 0 Å². The number of fused-ring (bicyclic) bond motifs is 2. The molecule has 0 amide bonds. The summed E-state index contributed by atoms with van der Waals surface area (Å²) in [5.41, 5.74) is 14.5. The van der Waals surface area contributed by atoms with E-state index in [1.54, 1.807) is 11.1 Å². The third-order valence-corrected chi connectivity index (χ3v) is 65.9. The molecule has 2 saturated carbocycles. The molecule has 0 spiro atoms. The number of halogens is 2. The van der Waals surface area contributed by atoms with Gasteiger partial charge in [-0.2, -0.15) is 0 Å². The summed E-state index contributed by atoms with van der Waals surface area (Å²) in [5.74, 6) is -1.69. The fraction of sp³-hybridized carbons (Fsp3) is 0.417. The Morgan fingerprint density at radius 3 is 1.29 bits per heavy atom. The van der Waals surface area contributed by atoms with Crippen molar-refractivity contribution >= 4 is 35.1 Å². The van der Waals surface area contributed by atoms with Crippen molar-refractivity contribution in [3.8, 4) is 22.3 Å². The van der Waals surface area contributed by atoms with Crippen molar-refractivity contribution in [2.45, 2.75) is 111 Å². The van der Waals surface area contributed by atoms with Crippen molar-refractivity contribution in [3.63, 3.8) is 0 Å². The molecule has 2 fully saturated rings. The zero-order valence-electron chi connectivity index (χ0n) is 31.9. The van der Waals surface area contributed by atoms with Crippen molar-refractivity contribution in [2.24, 2.45) is 10.8 Å². The van der Waals surface area contributed by atoms with Crippen LogP contribution in [0.3, 0.4) is 0 Å². The van der Waals surface area contributed by atoms with Gasteiger partial charge >= 0.3 is 325 Å². The van der Waals surface area contributed by atoms with Gasteiger partial charge in [-0.3, -0.25) is 0 Å². The van der Waals surface area contributed by atoms with Crippen LogP contribution in [0.2, 0.25) is 13.1 Å². The summed E-state index contributed by atoms with van der Waals surface area (Å²) < 4.78 is 0.237. The van der Waals surface area contributed by atoms with E-state index in [9.17, 15) is 0 Å². The molecule has 0 heterocycles. The molecule has 0 nitrogen and oxygen atoms in total. The summed E-state index contributed by atoms with van der Waals surface area (Å²) in [6.07, 6.45) is 20.7. The first-order valence-corrected chi connectivity index (χ1v) is 36.7. The van der Waals surface area contributed by atoms with Crippen LogP contribution in [0.1, 0.15) is 120 Å². The van der Waals surface area contributed by atoms with Gasteiger partial charge < -0.3 is 0 Å². The Hall–Kier alpha value is -1.96. The molecule has 4 aliphatic rings. The Balaban J connectivity index is 1.36. The van der Waals surface area contributed by atoms with E-state index in [1.807, 2.05) is 0 Å². The Labute approximate surface area is 322 Å². The molecule has 4 aromatic rings. The zero-order chi connectivity index (χ0) is 36.2. The molecule has 0 saturated heterocycles. The average Bonchev–Trinajstić information content (AvgIpc) is 3.71. The van der Waals surface area contributed by atoms with Crippen molar-refractivity contribution in [1.29, 1.82) is 0 Å². The van der Waals surface area contributed by atoms with E-state index < -0.39 is 21.5 Å². The molecule has 4 aromatic carbocycles.